The summed E-state index contributed by atoms with van der Waals surface area (Å²) < 4.78 is 37.8. The van der Waals surface area contributed by atoms with Gasteiger partial charge in [-0.3, -0.25) is 9.52 Å². The van der Waals surface area contributed by atoms with Crippen LogP contribution in [0.4, 0.5) is 11.5 Å². The highest BCUT2D eigenvalue weighted by Gasteiger charge is 2.15. The minimum Gasteiger partial charge on any atom is -0.494 e. The Balaban J connectivity index is 1.61. The Morgan fingerprint density at radius 1 is 1.06 bits per heavy atom. The summed E-state index contributed by atoms with van der Waals surface area (Å²) in [6, 6.07) is 14.5. The van der Waals surface area contributed by atoms with Crippen molar-refractivity contribution in [3.63, 3.8) is 0 Å². The zero-order chi connectivity index (χ0) is 23.0. The van der Waals surface area contributed by atoms with Crippen LogP contribution in [0.1, 0.15) is 12.5 Å². The molecular formula is C22H22N4O5S. The average molecular weight is 455 g/mol. The molecule has 0 bridgehead atoms. The first kappa shape index (κ1) is 22.8. The molecule has 3 aromatic rings. The van der Waals surface area contributed by atoms with E-state index in [-0.39, 0.29) is 22.5 Å². The Hall–Kier alpha value is -3.92. The van der Waals surface area contributed by atoms with Gasteiger partial charge in [0, 0.05) is 17.8 Å². The van der Waals surface area contributed by atoms with E-state index in [0.717, 1.165) is 11.3 Å². The second-order valence-electron chi connectivity index (χ2n) is 6.40. The van der Waals surface area contributed by atoms with Crippen molar-refractivity contribution in [2.75, 3.05) is 23.8 Å². The summed E-state index contributed by atoms with van der Waals surface area (Å²) in [7, 11) is -2.45. The van der Waals surface area contributed by atoms with Gasteiger partial charge in [0.05, 0.1) is 18.6 Å². The first-order valence-electron chi connectivity index (χ1n) is 9.60. The molecule has 2 aromatic carbocycles. The zero-order valence-electron chi connectivity index (χ0n) is 17.5. The Kier molecular flexibility index (Phi) is 7.40. The Labute approximate surface area is 186 Å². The summed E-state index contributed by atoms with van der Waals surface area (Å²) in [4.78, 5) is 19.9. The molecule has 9 nitrogen and oxygen atoms in total. The van der Waals surface area contributed by atoms with Gasteiger partial charge in [0.2, 0.25) is 11.8 Å². The molecule has 0 radical (unpaired) electrons. The fourth-order valence-corrected chi connectivity index (χ4v) is 3.62. The lowest BCUT2D eigenvalue weighted by atomic mass is 10.2. The normalized spacial score (nSPS) is 11.2. The van der Waals surface area contributed by atoms with Gasteiger partial charge in [0.15, 0.2) is 0 Å². The highest BCUT2D eigenvalue weighted by atomic mass is 32.2. The van der Waals surface area contributed by atoms with Gasteiger partial charge < -0.3 is 14.8 Å². The van der Waals surface area contributed by atoms with Crippen LogP contribution in [0.25, 0.3) is 6.08 Å². The minimum absolute atomic E-state index is 0.0120. The number of sulfonamides is 1. The van der Waals surface area contributed by atoms with Crippen LogP contribution in [0.2, 0.25) is 0 Å². The molecule has 1 heterocycles. The van der Waals surface area contributed by atoms with Crippen LogP contribution in [-0.4, -0.2) is 38.0 Å². The Morgan fingerprint density at radius 2 is 1.78 bits per heavy atom. The third kappa shape index (κ3) is 6.29. The molecule has 0 aliphatic heterocycles. The molecule has 32 heavy (non-hydrogen) atoms. The molecular weight excluding hydrogens is 432 g/mol. The monoisotopic (exact) mass is 454 g/mol. The third-order valence-corrected chi connectivity index (χ3v) is 5.51. The molecule has 1 aromatic heterocycles. The highest BCUT2D eigenvalue weighted by Crippen LogP contribution is 2.19. The van der Waals surface area contributed by atoms with Gasteiger partial charge in [0.25, 0.3) is 10.0 Å². The standard InChI is InChI=1S/C22H22N4O5S/c1-3-31-18-9-4-16(5-10-18)6-13-21(27)25-17-7-11-19(12-8-17)32(28,29)26-20-14-22(30-2)24-15-23-20/h4-15H,3H2,1-2H3,(H,25,27)(H,23,24,26)/b13-6+. The first-order valence-corrected chi connectivity index (χ1v) is 11.1. The second kappa shape index (κ2) is 10.4. The van der Waals surface area contributed by atoms with Gasteiger partial charge in [-0.05, 0) is 55.0 Å². The molecule has 2 N–H and O–H groups in total. The summed E-state index contributed by atoms with van der Waals surface area (Å²) >= 11 is 0. The molecule has 0 aliphatic rings. The molecule has 166 valence electrons. The second-order valence-corrected chi connectivity index (χ2v) is 8.08. The lowest BCUT2D eigenvalue weighted by Gasteiger charge is -2.09. The van der Waals surface area contributed by atoms with Crippen molar-refractivity contribution in [2.45, 2.75) is 11.8 Å². The molecule has 0 unspecified atom stereocenters. The maximum Gasteiger partial charge on any atom is 0.263 e. The molecule has 10 heteroatoms. The van der Waals surface area contributed by atoms with E-state index in [1.165, 1.54) is 49.8 Å². The number of benzene rings is 2. The smallest absolute Gasteiger partial charge is 0.263 e. The number of methoxy groups -OCH3 is 1. The molecule has 0 saturated heterocycles. The molecule has 0 aliphatic carbocycles. The van der Waals surface area contributed by atoms with E-state index < -0.39 is 10.0 Å². The summed E-state index contributed by atoms with van der Waals surface area (Å²) in [5, 5.41) is 2.68. The number of hydrogen-bond donors (Lipinski definition) is 2. The number of nitrogens with zero attached hydrogens (tertiary/aromatic N) is 2. The Morgan fingerprint density at radius 3 is 2.44 bits per heavy atom. The quantitative estimate of drug-likeness (QED) is 0.476. The maximum absolute atomic E-state index is 12.5. The van der Waals surface area contributed by atoms with E-state index in [4.69, 9.17) is 9.47 Å². The van der Waals surface area contributed by atoms with Gasteiger partial charge >= 0.3 is 0 Å². The molecule has 0 atom stereocenters. The topological polar surface area (TPSA) is 120 Å². The molecule has 0 fully saturated rings. The van der Waals surface area contributed by atoms with Crippen LogP contribution < -0.4 is 19.5 Å². The lowest BCUT2D eigenvalue weighted by Crippen LogP contribution is -2.14. The van der Waals surface area contributed by atoms with Crippen LogP contribution >= 0.6 is 0 Å². The summed E-state index contributed by atoms with van der Waals surface area (Å²) in [6.45, 7) is 2.50. The minimum atomic E-state index is -3.87. The van der Waals surface area contributed by atoms with Crippen LogP contribution in [-0.2, 0) is 14.8 Å². The number of amides is 1. The van der Waals surface area contributed by atoms with E-state index in [0.29, 0.717) is 12.3 Å². The van der Waals surface area contributed by atoms with Crippen molar-refractivity contribution in [1.29, 1.82) is 0 Å². The van der Waals surface area contributed by atoms with Crippen LogP contribution in [0, 0.1) is 0 Å². The van der Waals surface area contributed by atoms with Crippen LogP contribution in [0.3, 0.4) is 0 Å². The van der Waals surface area contributed by atoms with Crippen LogP contribution in [0.5, 0.6) is 11.6 Å². The van der Waals surface area contributed by atoms with Crippen LogP contribution in [0.15, 0.2) is 71.9 Å². The van der Waals surface area contributed by atoms with Gasteiger partial charge in [-0.1, -0.05) is 12.1 Å². The van der Waals surface area contributed by atoms with Gasteiger partial charge in [-0.15, -0.1) is 0 Å². The maximum atomic E-state index is 12.5. The molecule has 1 amide bonds. The molecule has 3 rings (SSSR count). The lowest BCUT2D eigenvalue weighted by molar-refractivity contribution is -0.111. The first-order chi connectivity index (χ1) is 15.4. The number of hydrogen-bond acceptors (Lipinski definition) is 7. The highest BCUT2D eigenvalue weighted by molar-refractivity contribution is 7.92. The van der Waals surface area contributed by atoms with Gasteiger partial charge in [-0.25, -0.2) is 18.4 Å². The number of ether oxygens (including phenoxy) is 2. The predicted octanol–water partition coefficient (Wildman–Crippen LogP) is 3.34. The van der Waals surface area contributed by atoms with E-state index in [1.54, 1.807) is 6.08 Å². The SMILES string of the molecule is CCOc1ccc(/C=C/C(=O)Nc2ccc(S(=O)(=O)Nc3cc(OC)ncn3)cc2)cc1. The largest absolute Gasteiger partial charge is 0.494 e. The van der Waals surface area contributed by atoms with E-state index in [2.05, 4.69) is 20.0 Å². The van der Waals surface area contributed by atoms with E-state index in [1.807, 2.05) is 31.2 Å². The number of carbonyl (C=O) groups is 1. The average Bonchev–Trinajstić information content (AvgIpc) is 2.79. The van der Waals surface area contributed by atoms with Crippen molar-refractivity contribution in [3.05, 3.63) is 72.6 Å². The molecule has 0 spiro atoms. The number of aromatic nitrogens is 2. The van der Waals surface area contributed by atoms with E-state index in [9.17, 15) is 13.2 Å². The molecule has 0 saturated carbocycles. The number of carbonyl (C=O) groups excluding carboxylic acids is 1. The van der Waals surface area contributed by atoms with Crippen molar-refractivity contribution >= 4 is 33.5 Å². The fourth-order valence-electron chi connectivity index (χ4n) is 2.62. The summed E-state index contributed by atoms with van der Waals surface area (Å²) in [5.41, 5.74) is 1.30. The third-order valence-electron chi connectivity index (χ3n) is 4.14. The van der Waals surface area contributed by atoms with Gasteiger partial charge in [-0.2, -0.15) is 0 Å². The van der Waals surface area contributed by atoms with Crippen molar-refractivity contribution < 1.29 is 22.7 Å². The fraction of sp³-hybridized carbons (Fsp3) is 0.136. The summed E-state index contributed by atoms with van der Waals surface area (Å²) in [5.74, 6) is 0.723. The van der Waals surface area contributed by atoms with Crippen molar-refractivity contribution in [2.24, 2.45) is 0 Å². The van der Waals surface area contributed by atoms with E-state index >= 15 is 0 Å². The number of anilines is 2. The summed E-state index contributed by atoms with van der Waals surface area (Å²) in [6.07, 6.45) is 4.25. The van der Waals surface area contributed by atoms with Gasteiger partial charge in [0.1, 0.15) is 17.9 Å². The Bertz CT molecular complexity index is 1190. The zero-order valence-corrected chi connectivity index (χ0v) is 18.3. The predicted molar refractivity (Wildman–Crippen MR) is 121 cm³/mol. The number of nitrogens with one attached hydrogen (secondary N) is 2. The van der Waals surface area contributed by atoms with Crippen molar-refractivity contribution in [3.8, 4) is 11.6 Å². The number of rotatable bonds is 9. The van der Waals surface area contributed by atoms with Crippen molar-refractivity contribution in [1.82, 2.24) is 9.97 Å².